The molecule has 0 saturated heterocycles. The predicted octanol–water partition coefficient (Wildman–Crippen LogP) is 3.65. The van der Waals surface area contributed by atoms with E-state index in [2.05, 4.69) is 51.2 Å². The molecular weight excluding hydrogens is 222 g/mol. The van der Waals surface area contributed by atoms with E-state index < -0.39 is 0 Å². The van der Waals surface area contributed by atoms with Crippen molar-refractivity contribution in [2.45, 2.75) is 46.6 Å². The summed E-state index contributed by atoms with van der Waals surface area (Å²) in [5.41, 5.74) is 1.33. The van der Waals surface area contributed by atoms with Gasteiger partial charge in [0.15, 0.2) is 0 Å². The van der Waals surface area contributed by atoms with Crippen molar-refractivity contribution in [1.29, 1.82) is 0 Å². The zero-order valence-corrected chi connectivity index (χ0v) is 12.2. The molecule has 0 amide bonds. The van der Waals surface area contributed by atoms with Gasteiger partial charge in [-0.15, -0.1) is 0 Å². The summed E-state index contributed by atoms with van der Waals surface area (Å²) in [4.78, 5) is 0. The average molecular weight is 249 g/mol. The molecule has 0 spiro atoms. The Morgan fingerprint density at radius 3 is 2.61 bits per heavy atom. The van der Waals surface area contributed by atoms with Crippen molar-refractivity contribution in [3.8, 4) is 5.75 Å². The average Bonchev–Trinajstić information content (AvgIpc) is 2.42. The molecule has 1 rings (SSSR count). The van der Waals surface area contributed by atoms with Crippen molar-refractivity contribution in [3.05, 3.63) is 29.8 Å². The van der Waals surface area contributed by atoms with Crippen molar-refractivity contribution in [1.82, 2.24) is 5.32 Å². The number of likely N-dealkylation sites (N-methyl/N-ethyl adjacent to an activating group) is 1. The molecule has 0 heterocycles. The van der Waals surface area contributed by atoms with Gasteiger partial charge in [-0.1, -0.05) is 46.2 Å². The normalized spacial score (nSPS) is 14.2. The molecule has 0 fully saturated rings. The number of rotatable bonds is 8. The second-order valence-corrected chi connectivity index (χ2v) is 4.86. The molecule has 2 atom stereocenters. The second kappa shape index (κ2) is 8.15. The van der Waals surface area contributed by atoms with E-state index in [0.717, 1.165) is 25.3 Å². The van der Waals surface area contributed by atoms with Crippen LogP contribution in [0.1, 0.15) is 39.7 Å². The Labute approximate surface area is 112 Å². The zero-order chi connectivity index (χ0) is 13.4. The largest absolute Gasteiger partial charge is 0.492 e. The minimum absolute atomic E-state index is 0.435. The SMILES string of the molecule is CCNC(COc1cccc(CC)c1)C(C)CC. The van der Waals surface area contributed by atoms with Gasteiger partial charge < -0.3 is 10.1 Å². The third-order valence-corrected chi connectivity index (χ3v) is 3.53. The summed E-state index contributed by atoms with van der Waals surface area (Å²) < 4.78 is 5.92. The van der Waals surface area contributed by atoms with Crippen LogP contribution in [0.3, 0.4) is 0 Å². The number of ether oxygens (including phenoxy) is 1. The minimum atomic E-state index is 0.435. The van der Waals surface area contributed by atoms with E-state index in [1.807, 2.05) is 6.07 Å². The van der Waals surface area contributed by atoms with E-state index in [0.29, 0.717) is 12.0 Å². The summed E-state index contributed by atoms with van der Waals surface area (Å²) in [7, 11) is 0. The molecule has 0 aromatic heterocycles. The Morgan fingerprint density at radius 1 is 1.22 bits per heavy atom. The number of hydrogen-bond donors (Lipinski definition) is 1. The number of nitrogens with one attached hydrogen (secondary N) is 1. The third kappa shape index (κ3) is 4.69. The molecule has 0 aliphatic heterocycles. The Hall–Kier alpha value is -1.02. The van der Waals surface area contributed by atoms with E-state index in [9.17, 15) is 0 Å². The summed E-state index contributed by atoms with van der Waals surface area (Å²) in [6.45, 7) is 10.6. The van der Waals surface area contributed by atoms with Gasteiger partial charge in [-0.3, -0.25) is 0 Å². The number of aryl methyl sites for hydroxylation is 1. The fraction of sp³-hybridized carbons (Fsp3) is 0.625. The van der Waals surface area contributed by atoms with Crippen LogP contribution in [-0.4, -0.2) is 19.2 Å². The van der Waals surface area contributed by atoms with Crippen molar-refractivity contribution >= 4 is 0 Å². The first-order valence-corrected chi connectivity index (χ1v) is 7.16. The molecule has 0 aliphatic carbocycles. The van der Waals surface area contributed by atoms with Crippen molar-refractivity contribution in [2.24, 2.45) is 5.92 Å². The van der Waals surface area contributed by atoms with Crippen molar-refractivity contribution < 1.29 is 4.74 Å². The predicted molar refractivity (Wildman–Crippen MR) is 78.2 cm³/mol. The van der Waals surface area contributed by atoms with Gasteiger partial charge >= 0.3 is 0 Å². The summed E-state index contributed by atoms with van der Waals surface area (Å²) in [5, 5.41) is 3.51. The fourth-order valence-corrected chi connectivity index (χ4v) is 2.01. The molecule has 102 valence electrons. The lowest BCUT2D eigenvalue weighted by molar-refractivity contribution is 0.222. The smallest absolute Gasteiger partial charge is 0.119 e. The maximum Gasteiger partial charge on any atom is 0.119 e. The Morgan fingerprint density at radius 2 is 2.00 bits per heavy atom. The quantitative estimate of drug-likeness (QED) is 0.759. The van der Waals surface area contributed by atoms with E-state index in [1.54, 1.807) is 0 Å². The first kappa shape index (κ1) is 15.0. The highest BCUT2D eigenvalue weighted by molar-refractivity contribution is 5.28. The van der Waals surface area contributed by atoms with Crippen LogP contribution in [0.2, 0.25) is 0 Å². The van der Waals surface area contributed by atoms with Gasteiger partial charge in [-0.25, -0.2) is 0 Å². The first-order valence-electron chi connectivity index (χ1n) is 7.16. The molecule has 0 radical (unpaired) electrons. The van der Waals surface area contributed by atoms with Gasteiger partial charge in [0.1, 0.15) is 12.4 Å². The summed E-state index contributed by atoms with van der Waals surface area (Å²) >= 11 is 0. The van der Waals surface area contributed by atoms with Crippen LogP contribution in [0.15, 0.2) is 24.3 Å². The Bertz CT molecular complexity index is 338. The van der Waals surface area contributed by atoms with Crippen LogP contribution in [0.4, 0.5) is 0 Å². The van der Waals surface area contributed by atoms with Crippen molar-refractivity contribution in [3.63, 3.8) is 0 Å². The van der Waals surface area contributed by atoms with Crippen LogP contribution in [-0.2, 0) is 6.42 Å². The monoisotopic (exact) mass is 249 g/mol. The highest BCUT2D eigenvalue weighted by Crippen LogP contribution is 2.15. The molecule has 0 aliphatic rings. The van der Waals surface area contributed by atoms with E-state index >= 15 is 0 Å². The standard InChI is InChI=1S/C16H27NO/c1-5-13(4)16(17-7-3)12-18-15-10-8-9-14(6-2)11-15/h8-11,13,16-17H,5-7,12H2,1-4H3. The Kier molecular flexibility index (Phi) is 6.81. The molecule has 18 heavy (non-hydrogen) atoms. The lowest BCUT2D eigenvalue weighted by Gasteiger charge is -2.24. The summed E-state index contributed by atoms with van der Waals surface area (Å²) in [6.07, 6.45) is 2.23. The molecule has 0 bridgehead atoms. The van der Waals surface area contributed by atoms with E-state index in [1.165, 1.54) is 12.0 Å². The van der Waals surface area contributed by atoms with E-state index in [-0.39, 0.29) is 0 Å². The van der Waals surface area contributed by atoms with Gasteiger partial charge in [0, 0.05) is 6.04 Å². The third-order valence-electron chi connectivity index (χ3n) is 3.53. The highest BCUT2D eigenvalue weighted by Gasteiger charge is 2.15. The second-order valence-electron chi connectivity index (χ2n) is 4.86. The first-order chi connectivity index (χ1) is 8.71. The molecule has 1 aromatic carbocycles. The van der Waals surface area contributed by atoms with E-state index in [4.69, 9.17) is 4.74 Å². The van der Waals surface area contributed by atoms with Crippen LogP contribution in [0, 0.1) is 5.92 Å². The molecule has 1 N–H and O–H groups in total. The fourth-order valence-electron chi connectivity index (χ4n) is 2.01. The molecule has 2 unspecified atom stereocenters. The van der Waals surface area contributed by atoms with Crippen LogP contribution in [0.5, 0.6) is 5.75 Å². The number of hydrogen-bond acceptors (Lipinski definition) is 2. The lowest BCUT2D eigenvalue weighted by atomic mass is 10.00. The van der Waals surface area contributed by atoms with Crippen LogP contribution >= 0.6 is 0 Å². The minimum Gasteiger partial charge on any atom is -0.492 e. The summed E-state index contributed by atoms with van der Waals surface area (Å²) in [5.74, 6) is 1.62. The number of benzene rings is 1. The maximum absolute atomic E-state index is 5.92. The molecule has 2 heteroatoms. The molecule has 0 saturated carbocycles. The van der Waals surface area contributed by atoms with Gasteiger partial charge in [0.25, 0.3) is 0 Å². The molecule has 1 aromatic rings. The highest BCUT2D eigenvalue weighted by atomic mass is 16.5. The topological polar surface area (TPSA) is 21.3 Å². The van der Waals surface area contributed by atoms with Gasteiger partial charge in [-0.2, -0.15) is 0 Å². The molecule has 2 nitrogen and oxygen atoms in total. The summed E-state index contributed by atoms with van der Waals surface area (Å²) in [6, 6.07) is 8.83. The molecular formula is C16H27NO. The zero-order valence-electron chi connectivity index (χ0n) is 12.2. The maximum atomic E-state index is 5.92. The van der Waals surface area contributed by atoms with Gasteiger partial charge in [-0.05, 0) is 36.6 Å². The van der Waals surface area contributed by atoms with Gasteiger partial charge in [0.05, 0.1) is 0 Å². The van der Waals surface area contributed by atoms with Gasteiger partial charge in [0.2, 0.25) is 0 Å². The van der Waals surface area contributed by atoms with Crippen molar-refractivity contribution in [2.75, 3.05) is 13.2 Å². The lowest BCUT2D eigenvalue weighted by Crippen LogP contribution is -2.39. The Balaban J connectivity index is 2.54. The van der Waals surface area contributed by atoms with Crippen LogP contribution < -0.4 is 10.1 Å². The van der Waals surface area contributed by atoms with Crippen LogP contribution in [0.25, 0.3) is 0 Å².